The zero-order valence-corrected chi connectivity index (χ0v) is 19.1. The maximum Gasteiger partial charge on any atom is 0.435 e. The van der Waals surface area contributed by atoms with Crippen molar-refractivity contribution >= 4 is 37.9 Å². The zero-order chi connectivity index (χ0) is 24.8. The van der Waals surface area contributed by atoms with Crippen LogP contribution in [0.1, 0.15) is 19.5 Å². The smallest absolute Gasteiger partial charge is 0.435 e. The highest BCUT2D eigenvalue weighted by atomic mass is 32.2. The van der Waals surface area contributed by atoms with E-state index in [-0.39, 0.29) is 16.4 Å². The number of benzene rings is 2. The molecular weight excluding hydrogens is 475 g/mol. The SMILES string of the molecule is COC(=O)[C@@H](NS(=O)(=O)c1ccc2c(c1)oc1cc(-n3ccc(C(F)(F)F)n3)ccc12)C(C)C. The Labute approximate surface area is 192 Å². The maximum atomic E-state index is 12.9. The Morgan fingerprint density at radius 1 is 1.09 bits per heavy atom. The van der Waals surface area contributed by atoms with Crippen molar-refractivity contribution in [3.8, 4) is 5.69 Å². The third-order valence-electron chi connectivity index (χ3n) is 5.29. The standard InChI is InChI=1S/C22H20F3N3O5S/c1-12(2)20(21(29)32-3)27-34(30,31)14-5-7-16-15-6-4-13(10-17(15)33-18(16)11-14)28-9-8-19(26-28)22(23,24)25/h4-12,20,27H,1-3H3/t20-/m0/s1. The number of rotatable bonds is 6. The van der Waals surface area contributed by atoms with E-state index in [1.165, 1.54) is 31.5 Å². The molecule has 2 aromatic carbocycles. The first-order valence-corrected chi connectivity index (χ1v) is 11.6. The van der Waals surface area contributed by atoms with Crippen molar-refractivity contribution in [3.63, 3.8) is 0 Å². The summed E-state index contributed by atoms with van der Waals surface area (Å²) in [6.07, 6.45) is -3.37. The summed E-state index contributed by atoms with van der Waals surface area (Å²) in [5.41, 5.74) is -0.0834. The van der Waals surface area contributed by atoms with Crippen molar-refractivity contribution in [2.75, 3.05) is 7.11 Å². The number of aromatic nitrogens is 2. The highest BCUT2D eigenvalue weighted by Crippen LogP contribution is 2.33. The molecule has 0 saturated heterocycles. The van der Waals surface area contributed by atoms with Gasteiger partial charge >= 0.3 is 12.1 Å². The number of esters is 1. The number of carbonyl (C=O) groups is 1. The van der Waals surface area contributed by atoms with Crippen LogP contribution in [0.25, 0.3) is 27.6 Å². The molecule has 0 aliphatic heterocycles. The Bertz CT molecular complexity index is 1490. The lowest BCUT2D eigenvalue weighted by molar-refractivity contribution is -0.143. The molecule has 0 unspecified atom stereocenters. The third-order valence-corrected chi connectivity index (χ3v) is 6.73. The Kier molecular flexibility index (Phi) is 5.90. The molecule has 4 rings (SSSR count). The van der Waals surface area contributed by atoms with Crippen molar-refractivity contribution in [2.45, 2.75) is 31.0 Å². The van der Waals surface area contributed by atoms with Crippen molar-refractivity contribution in [1.29, 1.82) is 0 Å². The number of furan rings is 1. The van der Waals surface area contributed by atoms with Crippen molar-refractivity contribution in [2.24, 2.45) is 5.92 Å². The van der Waals surface area contributed by atoms with E-state index in [4.69, 9.17) is 4.42 Å². The molecule has 0 spiro atoms. The highest BCUT2D eigenvalue weighted by Gasteiger charge is 2.33. The number of halogens is 3. The largest absolute Gasteiger partial charge is 0.468 e. The number of hydrogen-bond donors (Lipinski definition) is 1. The molecule has 0 fully saturated rings. The lowest BCUT2D eigenvalue weighted by Gasteiger charge is -2.19. The highest BCUT2D eigenvalue weighted by molar-refractivity contribution is 7.89. The van der Waals surface area contributed by atoms with E-state index >= 15 is 0 Å². The third kappa shape index (κ3) is 4.38. The van der Waals surface area contributed by atoms with Gasteiger partial charge < -0.3 is 9.15 Å². The molecule has 0 amide bonds. The van der Waals surface area contributed by atoms with Gasteiger partial charge in [-0.2, -0.15) is 23.0 Å². The molecule has 0 aliphatic carbocycles. The van der Waals surface area contributed by atoms with Crippen LogP contribution in [0.15, 0.2) is 58.0 Å². The second-order valence-electron chi connectivity index (χ2n) is 7.95. The summed E-state index contributed by atoms with van der Waals surface area (Å²) in [6, 6.07) is 8.82. The van der Waals surface area contributed by atoms with Gasteiger partial charge in [0.1, 0.15) is 17.2 Å². The second-order valence-corrected chi connectivity index (χ2v) is 9.66. The van der Waals surface area contributed by atoms with E-state index in [9.17, 15) is 26.4 Å². The maximum absolute atomic E-state index is 12.9. The molecule has 12 heteroatoms. The molecule has 2 aromatic heterocycles. The topological polar surface area (TPSA) is 103 Å². The molecule has 180 valence electrons. The van der Waals surface area contributed by atoms with Crippen molar-refractivity contribution in [3.05, 3.63) is 54.4 Å². The Hall–Kier alpha value is -3.38. The van der Waals surface area contributed by atoms with Crippen LogP contribution in [0.4, 0.5) is 13.2 Å². The summed E-state index contributed by atoms with van der Waals surface area (Å²) in [6.45, 7) is 3.36. The number of hydrogen-bond acceptors (Lipinski definition) is 6. The van der Waals surface area contributed by atoms with Gasteiger partial charge in [-0.3, -0.25) is 4.79 Å². The molecule has 0 aliphatic rings. The minimum Gasteiger partial charge on any atom is -0.468 e. The molecular formula is C22H20F3N3O5S. The van der Waals surface area contributed by atoms with Gasteiger partial charge in [0.25, 0.3) is 0 Å². The predicted molar refractivity (Wildman–Crippen MR) is 117 cm³/mol. The van der Waals surface area contributed by atoms with Crippen LogP contribution in [-0.4, -0.2) is 37.3 Å². The quantitative estimate of drug-likeness (QED) is 0.401. The van der Waals surface area contributed by atoms with Gasteiger partial charge in [0.15, 0.2) is 5.69 Å². The lowest BCUT2D eigenvalue weighted by atomic mass is 10.1. The Balaban J connectivity index is 1.71. The number of nitrogens with one attached hydrogen (secondary N) is 1. The number of alkyl halides is 3. The van der Waals surface area contributed by atoms with E-state index in [1.54, 1.807) is 32.0 Å². The van der Waals surface area contributed by atoms with Gasteiger partial charge in [-0.1, -0.05) is 13.8 Å². The number of methoxy groups -OCH3 is 1. The average Bonchev–Trinajstić information content (AvgIpc) is 3.40. The van der Waals surface area contributed by atoms with Crippen LogP contribution in [0, 0.1) is 5.92 Å². The average molecular weight is 495 g/mol. The molecule has 1 N–H and O–H groups in total. The van der Waals surface area contributed by atoms with Gasteiger partial charge in [0.05, 0.1) is 17.7 Å². The summed E-state index contributed by atoms with van der Waals surface area (Å²) >= 11 is 0. The minimum absolute atomic E-state index is 0.115. The van der Waals surface area contributed by atoms with E-state index in [2.05, 4.69) is 14.6 Å². The number of carbonyl (C=O) groups excluding carboxylic acids is 1. The van der Waals surface area contributed by atoms with Crippen molar-refractivity contribution < 1.29 is 35.5 Å². The van der Waals surface area contributed by atoms with E-state index < -0.39 is 33.9 Å². The Morgan fingerprint density at radius 3 is 2.32 bits per heavy atom. The summed E-state index contributed by atoms with van der Waals surface area (Å²) in [7, 11) is -2.91. The number of ether oxygens (including phenoxy) is 1. The summed E-state index contributed by atoms with van der Waals surface area (Å²) in [4.78, 5) is 11.8. The summed E-state index contributed by atoms with van der Waals surface area (Å²) < 4.78 is 78.3. The summed E-state index contributed by atoms with van der Waals surface area (Å²) in [5, 5.41) is 4.81. The molecule has 34 heavy (non-hydrogen) atoms. The van der Waals surface area contributed by atoms with Crippen molar-refractivity contribution in [1.82, 2.24) is 14.5 Å². The molecule has 2 heterocycles. The van der Waals surface area contributed by atoms with Gasteiger partial charge in [-0.05, 0) is 36.2 Å². The molecule has 0 bridgehead atoms. The van der Waals surface area contributed by atoms with Gasteiger partial charge in [-0.15, -0.1) is 0 Å². The van der Waals surface area contributed by atoms with Crippen LogP contribution < -0.4 is 4.72 Å². The molecule has 1 atom stereocenters. The number of nitrogens with zero attached hydrogens (tertiary/aromatic N) is 2. The first kappa shape index (κ1) is 23.8. The van der Waals surface area contributed by atoms with E-state index in [0.29, 0.717) is 22.0 Å². The van der Waals surface area contributed by atoms with Gasteiger partial charge in [0.2, 0.25) is 10.0 Å². The molecule has 0 saturated carbocycles. The number of fused-ring (bicyclic) bond motifs is 3. The Morgan fingerprint density at radius 2 is 1.74 bits per heavy atom. The number of sulfonamides is 1. The van der Waals surface area contributed by atoms with E-state index in [0.717, 1.165) is 10.7 Å². The minimum atomic E-state index is -4.56. The molecule has 4 aromatic rings. The predicted octanol–water partition coefficient (Wildman–Crippen LogP) is 4.27. The fourth-order valence-electron chi connectivity index (χ4n) is 3.49. The van der Waals surface area contributed by atoms with Crippen LogP contribution in [0.3, 0.4) is 0 Å². The van der Waals surface area contributed by atoms with Crippen LogP contribution in [0.5, 0.6) is 0 Å². The molecule has 8 nitrogen and oxygen atoms in total. The molecule has 0 radical (unpaired) electrons. The second kappa shape index (κ2) is 8.44. The van der Waals surface area contributed by atoms with Crippen LogP contribution in [0.2, 0.25) is 0 Å². The van der Waals surface area contributed by atoms with Crippen LogP contribution in [-0.2, 0) is 25.7 Å². The van der Waals surface area contributed by atoms with E-state index in [1.807, 2.05) is 0 Å². The summed E-state index contributed by atoms with van der Waals surface area (Å²) in [5.74, 6) is -1.06. The monoisotopic (exact) mass is 495 g/mol. The lowest BCUT2D eigenvalue weighted by Crippen LogP contribution is -2.44. The first-order valence-electron chi connectivity index (χ1n) is 10.1. The fraction of sp³-hybridized carbons (Fsp3) is 0.273. The first-order chi connectivity index (χ1) is 15.9. The normalized spacial score (nSPS) is 13.6. The zero-order valence-electron chi connectivity index (χ0n) is 18.3. The van der Waals surface area contributed by atoms with Crippen LogP contribution >= 0.6 is 0 Å². The fourth-order valence-corrected chi connectivity index (χ4v) is 4.84. The van der Waals surface area contributed by atoms with Gasteiger partial charge in [0, 0.05) is 29.1 Å². The van der Waals surface area contributed by atoms with Gasteiger partial charge in [-0.25, -0.2) is 13.1 Å².